The minimum Gasteiger partial charge on any atom is -0.329 e. The smallest absolute Gasteiger partial charge is 0.262 e. The Labute approximate surface area is 116 Å². The molecule has 1 saturated heterocycles. The van der Waals surface area contributed by atoms with Crippen molar-refractivity contribution >= 4 is 17.7 Å². The summed E-state index contributed by atoms with van der Waals surface area (Å²) in [6.07, 6.45) is 0.998. The summed E-state index contributed by atoms with van der Waals surface area (Å²) in [5, 5.41) is 2.61. The third-order valence-electron chi connectivity index (χ3n) is 3.71. The van der Waals surface area contributed by atoms with E-state index < -0.39 is 11.9 Å². The van der Waals surface area contributed by atoms with Crippen LogP contribution in [0, 0.1) is 6.92 Å². The quantitative estimate of drug-likeness (QED) is 0.784. The first kappa shape index (κ1) is 12.6. The molecule has 1 N–H and O–H groups in total. The number of nitrogens with zero attached hydrogens (tertiary/aromatic N) is 1. The van der Waals surface area contributed by atoms with E-state index >= 15 is 0 Å². The first-order valence-corrected chi connectivity index (χ1v) is 6.46. The van der Waals surface area contributed by atoms with Crippen molar-refractivity contribution in [2.45, 2.75) is 25.8 Å². The molecular weight excluding hydrogens is 256 g/mol. The number of nitrogens with one attached hydrogen (secondary N) is 1. The van der Waals surface area contributed by atoms with Crippen LogP contribution in [0.5, 0.6) is 0 Å². The van der Waals surface area contributed by atoms with Gasteiger partial charge < -0.3 is 5.32 Å². The van der Waals surface area contributed by atoms with E-state index in [9.17, 15) is 14.4 Å². The average molecular weight is 270 g/mol. The van der Waals surface area contributed by atoms with Crippen LogP contribution in [0.4, 0.5) is 0 Å². The van der Waals surface area contributed by atoms with E-state index in [1.54, 1.807) is 18.2 Å². The van der Waals surface area contributed by atoms with E-state index in [0.717, 1.165) is 10.5 Å². The van der Waals surface area contributed by atoms with E-state index in [4.69, 9.17) is 0 Å². The standard InChI is InChI=1S/C15H14N2O3/c1-8-3-5-10-11(7-8)15(20)17(14(10)19)12-6-4-9(2)16-13(12)18/h3,5,7,12H,2,4,6H2,1H3,(H,16,18). The van der Waals surface area contributed by atoms with Crippen LogP contribution < -0.4 is 5.32 Å². The molecule has 1 aromatic rings. The Morgan fingerprint density at radius 1 is 1.20 bits per heavy atom. The van der Waals surface area contributed by atoms with Gasteiger partial charge in [-0.15, -0.1) is 0 Å². The molecule has 3 amide bonds. The van der Waals surface area contributed by atoms with Gasteiger partial charge in [-0.1, -0.05) is 18.2 Å². The maximum absolute atomic E-state index is 12.4. The van der Waals surface area contributed by atoms with Gasteiger partial charge in [-0.3, -0.25) is 19.3 Å². The molecule has 0 saturated carbocycles. The fourth-order valence-electron chi connectivity index (χ4n) is 2.66. The van der Waals surface area contributed by atoms with Crippen LogP contribution in [-0.4, -0.2) is 28.7 Å². The Hall–Kier alpha value is -2.43. The molecular formula is C15H14N2O3. The number of allylic oxidation sites excluding steroid dienone is 1. The summed E-state index contributed by atoms with van der Waals surface area (Å²) in [6.45, 7) is 5.55. The molecule has 2 heterocycles. The van der Waals surface area contributed by atoms with Crippen LogP contribution in [0.2, 0.25) is 0 Å². The number of amides is 3. The van der Waals surface area contributed by atoms with Crippen molar-refractivity contribution in [3.63, 3.8) is 0 Å². The Bertz CT molecular complexity index is 663. The second-order valence-electron chi connectivity index (χ2n) is 5.18. The summed E-state index contributed by atoms with van der Waals surface area (Å²) in [5.74, 6) is -1.12. The predicted molar refractivity (Wildman–Crippen MR) is 72.0 cm³/mol. The molecule has 0 bridgehead atoms. The Balaban J connectivity index is 1.97. The molecule has 1 aromatic carbocycles. The van der Waals surface area contributed by atoms with E-state index in [0.29, 0.717) is 29.7 Å². The molecule has 0 aromatic heterocycles. The van der Waals surface area contributed by atoms with Gasteiger partial charge in [-0.25, -0.2) is 0 Å². The van der Waals surface area contributed by atoms with Crippen molar-refractivity contribution in [1.29, 1.82) is 0 Å². The topological polar surface area (TPSA) is 66.5 Å². The van der Waals surface area contributed by atoms with Crippen molar-refractivity contribution in [1.82, 2.24) is 10.2 Å². The zero-order chi connectivity index (χ0) is 14.4. The third kappa shape index (κ3) is 1.74. The monoisotopic (exact) mass is 270 g/mol. The number of hydrogen-bond acceptors (Lipinski definition) is 3. The van der Waals surface area contributed by atoms with E-state index in [2.05, 4.69) is 11.9 Å². The number of hydrogen-bond donors (Lipinski definition) is 1. The highest BCUT2D eigenvalue weighted by molar-refractivity contribution is 6.23. The van der Waals surface area contributed by atoms with Gasteiger partial charge in [0.05, 0.1) is 11.1 Å². The van der Waals surface area contributed by atoms with E-state index in [1.165, 1.54) is 0 Å². The third-order valence-corrected chi connectivity index (χ3v) is 3.71. The molecule has 1 fully saturated rings. The molecule has 0 aliphatic carbocycles. The summed E-state index contributed by atoms with van der Waals surface area (Å²) in [5.41, 5.74) is 2.29. The van der Waals surface area contributed by atoms with Crippen molar-refractivity contribution in [2.24, 2.45) is 0 Å². The number of aryl methyl sites for hydroxylation is 1. The summed E-state index contributed by atoms with van der Waals surface area (Å²) in [7, 11) is 0. The lowest BCUT2D eigenvalue weighted by Gasteiger charge is -2.29. The number of benzene rings is 1. The van der Waals surface area contributed by atoms with Crippen LogP contribution in [0.3, 0.4) is 0 Å². The second kappa shape index (κ2) is 4.30. The lowest BCUT2D eigenvalue weighted by atomic mass is 10.0. The molecule has 3 rings (SSSR count). The van der Waals surface area contributed by atoms with Crippen LogP contribution >= 0.6 is 0 Å². The van der Waals surface area contributed by atoms with E-state index in [1.807, 2.05) is 6.92 Å². The largest absolute Gasteiger partial charge is 0.329 e. The lowest BCUT2D eigenvalue weighted by Crippen LogP contribution is -2.51. The highest BCUT2D eigenvalue weighted by Crippen LogP contribution is 2.28. The number of carbonyl (C=O) groups excluding carboxylic acids is 3. The van der Waals surface area contributed by atoms with E-state index in [-0.39, 0.29) is 11.8 Å². The van der Waals surface area contributed by atoms with Gasteiger partial charge in [-0.05, 0) is 31.9 Å². The lowest BCUT2D eigenvalue weighted by molar-refractivity contribution is -0.125. The van der Waals surface area contributed by atoms with Gasteiger partial charge in [-0.2, -0.15) is 0 Å². The van der Waals surface area contributed by atoms with Crippen molar-refractivity contribution in [2.75, 3.05) is 0 Å². The average Bonchev–Trinajstić information content (AvgIpc) is 2.63. The first-order valence-electron chi connectivity index (χ1n) is 6.46. The van der Waals surface area contributed by atoms with Crippen molar-refractivity contribution in [3.05, 3.63) is 47.2 Å². The van der Waals surface area contributed by atoms with Crippen LogP contribution in [0.1, 0.15) is 39.1 Å². The summed E-state index contributed by atoms with van der Waals surface area (Å²) in [4.78, 5) is 37.8. The predicted octanol–water partition coefficient (Wildman–Crippen LogP) is 1.38. The van der Waals surface area contributed by atoms with Crippen LogP contribution in [0.15, 0.2) is 30.5 Å². The molecule has 1 unspecified atom stereocenters. The number of rotatable bonds is 1. The maximum atomic E-state index is 12.4. The highest BCUT2D eigenvalue weighted by Gasteiger charge is 2.43. The molecule has 5 nitrogen and oxygen atoms in total. The summed E-state index contributed by atoms with van der Waals surface area (Å²) in [6, 6.07) is 4.38. The van der Waals surface area contributed by atoms with Crippen molar-refractivity contribution in [3.8, 4) is 0 Å². The number of fused-ring (bicyclic) bond motifs is 1. The number of carbonyl (C=O) groups is 3. The molecule has 102 valence electrons. The maximum Gasteiger partial charge on any atom is 0.262 e. The van der Waals surface area contributed by atoms with Gasteiger partial charge in [0.1, 0.15) is 6.04 Å². The van der Waals surface area contributed by atoms with Crippen LogP contribution in [-0.2, 0) is 4.79 Å². The zero-order valence-electron chi connectivity index (χ0n) is 11.1. The Morgan fingerprint density at radius 2 is 1.90 bits per heavy atom. The van der Waals surface area contributed by atoms with Gasteiger partial charge in [0.15, 0.2) is 0 Å². The molecule has 1 atom stereocenters. The van der Waals surface area contributed by atoms with Crippen molar-refractivity contribution < 1.29 is 14.4 Å². The fourth-order valence-corrected chi connectivity index (χ4v) is 2.66. The Kier molecular flexibility index (Phi) is 2.71. The zero-order valence-corrected chi connectivity index (χ0v) is 11.1. The summed E-state index contributed by atoms with van der Waals surface area (Å²) >= 11 is 0. The van der Waals surface area contributed by atoms with Gasteiger partial charge in [0.2, 0.25) is 5.91 Å². The minimum absolute atomic E-state index is 0.340. The number of imide groups is 1. The minimum atomic E-state index is -0.742. The normalized spacial score (nSPS) is 22.1. The van der Waals surface area contributed by atoms with Gasteiger partial charge in [0.25, 0.3) is 11.8 Å². The number of piperidine rings is 1. The van der Waals surface area contributed by atoms with Gasteiger partial charge in [0, 0.05) is 5.70 Å². The molecule has 0 spiro atoms. The highest BCUT2D eigenvalue weighted by atomic mass is 16.2. The Morgan fingerprint density at radius 3 is 2.60 bits per heavy atom. The second-order valence-corrected chi connectivity index (χ2v) is 5.18. The molecule has 2 aliphatic rings. The molecule has 20 heavy (non-hydrogen) atoms. The molecule has 0 radical (unpaired) electrons. The van der Waals surface area contributed by atoms with Gasteiger partial charge >= 0.3 is 0 Å². The first-order chi connectivity index (χ1) is 9.49. The fraction of sp³-hybridized carbons (Fsp3) is 0.267. The summed E-state index contributed by atoms with van der Waals surface area (Å²) < 4.78 is 0. The van der Waals surface area contributed by atoms with Crippen LogP contribution in [0.25, 0.3) is 0 Å². The SMILES string of the molecule is C=C1CCC(N2C(=O)c3ccc(C)cc3C2=O)C(=O)N1. The molecule has 5 heteroatoms. The molecule has 2 aliphatic heterocycles.